The predicted molar refractivity (Wildman–Crippen MR) is 86.4 cm³/mol. The van der Waals surface area contributed by atoms with Crippen LogP contribution in [0.3, 0.4) is 0 Å². The summed E-state index contributed by atoms with van der Waals surface area (Å²) in [6.45, 7) is 7.05. The maximum atomic E-state index is 11.6. The second kappa shape index (κ2) is 10.3. The van der Waals surface area contributed by atoms with Crippen LogP contribution >= 0.6 is 0 Å². The van der Waals surface area contributed by atoms with Crippen molar-refractivity contribution in [3.63, 3.8) is 0 Å². The fourth-order valence-electron chi connectivity index (χ4n) is 1.69. The smallest absolute Gasteiger partial charge is 0.383 e. The number of rotatable bonds is 11. The summed E-state index contributed by atoms with van der Waals surface area (Å²) >= 11 is 0. The maximum Gasteiger partial charge on any atom is 0.383 e. The van der Waals surface area contributed by atoms with Crippen LogP contribution in [0.5, 0.6) is 0 Å². The van der Waals surface area contributed by atoms with Crippen LogP contribution in [0.15, 0.2) is 12.3 Å². The molecule has 0 saturated heterocycles. The van der Waals surface area contributed by atoms with Gasteiger partial charge in [-0.05, 0) is 51.6 Å². The Morgan fingerprint density at radius 2 is 2.09 bits per heavy atom. The Hall–Kier alpha value is -1.45. The van der Waals surface area contributed by atoms with Gasteiger partial charge in [0.05, 0.1) is 19.4 Å². The van der Waals surface area contributed by atoms with Gasteiger partial charge >= 0.3 is 12.0 Å². The maximum absolute atomic E-state index is 11.6. The summed E-state index contributed by atoms with van der Waals surface area (Å²) < 4.78 is 10.1. The third kappa shape index (κ3) is 8.75. The van der Waals surface area contributed by atoms with E-state index in [0.29, 0.717) is 19.5 Å². The lowest BCUT2D eigenvalue weighted by Gasteiger charge is -2.20. The van der Waals surface area contributed by atoms with Crippen molar-refractivity contribution in [2.45, 2.75) is 44.6 Å². The van der Waals surface area contributed by atoms with Crippen molar-refractivity contribution >= 4 is 14.3 Å². The van der Waals surface area contributed by atoms with E-state index in [9.17, 15) is 14.9 Å². The third-order valence-corrected chi connectivity index (χ3v) is 3.59. The van der Waals surface area contributed by atoms with Crippen molar-refractivity contribution in [3.05, 3.63) is 22.5 Å². The predicted octanol–water partition coefficient (Wildman–Crippen LogP) is 0.867. The number of ether oxygens (including phenoxy) is 1. The van der Waals surface area contributed by atoms with E-state index < -0.39 is 31.3 Å². The van der Waals surface area contributed by atoms with Crippen LogP contribution in [-0.2, 0) is 14.0 Å². The number of nitrogens with zero attached hydrogens (tertiary/aromatic N) is 1. The van der Waals surface area contributed by atoms with Crippen LogP contribution in [0.25, 0.3) is 0 Å². The molecule has 0 rings (SSSR count). The molecule has 0 aliphatic heterocycles. The van der Waals surface area contributed by atoms with E-state index in [1.165, 1.54) is 0 Å². The topological polar surface area (TPSA) is 117 Å². The first-order chi connectivity index (χ1) is 10.2. The molecule has 0 aromatic carbocycles. The Balaban J connectivity index is 4.85. The Morgan fingerprint density at radius 1 is 1.45 bits per heavy atom. The Kier molecular flexibility index (Phi) is 9.62. The molecule has 0 saturated carbocycles. The minimum absolute atomic E-state index is 0.287. The number of carbonyl (C=O) groups is 1. The van der Waals surface area contributed by atoms with Crippen LogP contribution in [-0.4, -0.2) is 51.5 Å². The van der Waals surface area contributed by atoms with Crippen molar-refractivity contribution in [1.82, 2.24) is 5.32 Å². The molecule has 0 aromatic heterocycles. The Labute approximate surface area is 132 Å². The number of nitrogens with one attached hydrogen (secondary N) is 1. The lowest BCUT2D eigenvalue weighted by atomic mass is 10.1. The van der Waals surface area contributed by atoms with Gasteiger partial charge in [0.2, 0.25) is 8.32 Å². The number of nitro groups is 1. The molecule has 0 aliphatic carbocycles. The van der Waals surface area contributed by atoms with Crippen molar-refractivity contribution in [3.8, 4) is 0 Å². The standard InChI is InChI=1S/C13H27N3O5Si/c1-20-13(17)12(16(18)19)11(15-9-6-8-14)7-5-10-21-22(2,3)4/h5,10-12,15H,6-9,14H2,1-4H3/b10-5+. The van der Waals surface area contributed by atoms with Crippen LogP contribution < -0.4 is 11.1 Å². The van der Waals surface area contributed by atoms with Crippen LogP contribution in [0, 0.1) is 10.1 Å². The second-order valence-electron chi connectivity index (χ2n) is 5.79. The number of esters is 1. The van der Waals surface area contributed by atoms with Crippen molar-refractivity contribution < 1.29 is 18.9 Å². The number of methoxy groups -OCH3 is 1. The zero-order valence-electron chi connectivity index (χ0n) is 13.7. The summed E-state index contributed by atoms with van der Waals surface area (Å²) in [5.74, 6) is -0.866. The first-order valence-electron chi connectivity index (χ1n) is 7.20. The summed E-state index contributed by atoms with van der Waals surface area (Å²) in [7, 11) is -0.549. The van der Waals surface area contributed by atoms with E-state index >= 15 is 0 Å². The largest absolute Gasteiger partial charge is 0.550 e. The minimum atomic E-state index is -1.69. The summed E-state index contributed by atoms with van der Waals surface area (Å²) in [5.41, 5.74) is 5.41. The number of hydrogen-bond acceptors (Lipinski definition) is 7. The van der Waals surface area contributed by atoms with Crippen LogP contribution in [0.1, 0.15) is 12.8 Å². The highest BCUT2D eigenvalue weighted by Crippen LogP contribution is 2.09. The number of hydrogen-bond donors (Lipinski definition) is 2. The first kappa shape index (κ1) is 20.5. The van der Waals surface area contributed by atoms with Gasteiger partial charge in [0.1, 0.15) is 0 Å². The van der Waals surface area contributed by atoms with Gasteiger partial charge in [-0.25, -0.2) is 4.79 Å². The van der Waals surface area contributed by atoms with Crippen molar-refractivity contribution in [1.29, 1.82) is 0 Å². The van der Waals surface area contributed by atoms with Gasteiger partial charge in [0, 0.05) is 4.92 Å². The fourth-order valence-corrected chi connectivity index (χ4v) is 2.19. The van der Waals surface area contributed by atoms with Crippen molar-refractivity contribution in [2.24, 2.45) is 5.73 Å². The van der Waals surface area contributed by atoms with E-state index in [1.807, 2.05) is 19.6 Å². The number of carbonyl (C=O) groups excluding carboxylic acids is 1. The highest BCUT2D eigenvalue weighted by molar-refractivity contribution is 6.69. The van der Waals surface area contributed by atoms with Gasteiger partial charge in [0.25, 0.3) is 0 Å². The zero-order valence-corrected chi connectivity index (χ0v) is 14.7. The van der Waals surface area contributed by atoms with Gasteiger partial charge in [-0.3, -0.25) is 10.1 Å². The highest BCUT2D eigenvalue weighted by atomic mass is 28.4. The normalized spacial score (nSPS) is 14.6. The molecule has 0 aliphatic rings. The molecule has 0 fully saturated rings. The van der Waals surface area contributed by atoms with E-state index in [-0.39, 0.29) is 6.42 Å². The van der Waals surface area contributed by atoms with E-state index in [4.69, 9.17) is 10.2 Å². The summed E-state index contributed by atoms with van der Waals surface area (Å²) in [5, 5.41) is 14.2. The molecule has 9 heteroatoms. The van der Waals surface area contributed by atoms with E-state index in [1.54, 1.807) is 12.3 Å². The highest BCUT2D eigenvalue weighted by Gasteiger charge is 2.38. The number of nitrogens with two attached hydrogens (primary N) is 1. The average Bonchev–Trinajstić information content (AvgIpc) is 2.41. The van der Waals surface area contributed by atoms with Crippen LogP contribution in [0.2, 0.25) is 19.6 Å². The molecule has 0 radical (unpaired) electrons. The molecule has 128 valence electrons. The van der Waals surface area contributed by atoms with Crippen molar-refractivity contribution in [2.75, 3.05) is 20.2 Å². The molecule has 8 nitrogen and oxygen atoms in total. The Bertz CT molecular complexity index is 384. The molecule has 0 heterocycles. The average molecular weight is 333 g/mol. The molecule has 0 aromatic rings. The molecule has 3 N–H and O–H groups in total. The molecule has 22 heavy (non-hydrogen) atoms. The fraction of sp³-hybridized carbons (Fsp3) is 0.769. The van der Waals surface area contributed by atoms with Gasteiger partial charge < -0.3 is 20.2 Å². The SMILES string of the molecule is COC(=O)C(C(C/C=C/O[Si](C)(C)C)NCCCN)[N+](=O)[O-]. The minimum Gasteiger partial charge on any atom is -0.550 e. The molecular weight excluding hydrogens is 306 g/mol. The summed E-state index contributed by atoms with van der Waals surface area (Å²) in [4.78, 5) is 22.2. The van der Waals surface area contributed by atoms with E-state index in [0.717, 1.165) is 7.11 Å². The summed E-state index contributed by atoms with van der Waals surface area (Å²) in [6, 6.07) is -2.13. The van der Waals surface area contributed by atoms with Crippen LogP contribution in [0.4, 0.5) is 0 Å². The monoisotopic (exact) mass is 333 g/mol. The van der Waals surface area contributed by atoms with Gasteiger partial charge in [-0.15, -0.1) is 0 Å². The molecular formula is C13H27N3O5Si. The molecule has 0 spiro atoms. The second-order valence-corrected chi connectivity index (χ2v) is 10.3. The van der Waals surface area contributed by atoms with Gasteiger partial charge in [-0.1, -0.05) is 0 Å². The lowest BCUT2D eigenvalue weighted by molar-refractivity contribution is -0.514. The lowest BCUT2D eigenvalue weighted by Crippen LogP contribution is -2.49. The molecule has 0 bridgehead atoms. The van der Waals surface area contributed by atoms with Gasteiger partial charge in [0.15, 0.2) is 0 Å². The Morgan fingerprint density at radius 3 is 2.55 bits per heavy atom. The molecule has 2 atom stereocenters. The molecule has 2 unspecified atom stereocenters. The quantitative estimate of drug-likeness (QED) is 0.144. The van der Waals surface area contributed by atoms with E-state index in [2.05, 4.69) is 10.1 Å². The summed E-state index contributed by atoms with van der Waals surface area (Å²) in [6.07, 6.45) is 4.20. The van der Waals surface area contributed by atoms with Gasteiger partial charge in [-0.2, -0.15) is 0 Å². The molecule has 0 amide bonds. The third-order valence-electron chi connectivity index (χ3n) is 2.75. The zero-order chi connectivity index (χ0) is 17.2. The first-order valence-corrected chi connectivity index (χ1v) is 10.6.